The van der Waals surface area contributed by atoms with E-state index < -0.39 is 5.97 Å². The average Bonchev–Trinajstić information content (AvgIpc) is 3.35. The van der Waals surface area contributed by atoms with E-state index in [4.69, 9.17) is 4.74 Å². The predicted molar refractivity (Wildman–Crippen MR) is 96.8 cm³/mol. The predicted octanol–water partition coefficient (Wildman–Crippen LogP) is 2.19. The van der Waals surface area contributed by atoms with Crippen LogP contribution in [0.4, 0.5) is 5.69 Å². The van der Waals surface area contributed by atoms with Crippen molar-refractivity contribution in [2.24, 2.45) is 5.92 Å². The molecule has 24 heavy (non-hydrogen) atoms. The highest BCUT2D eigenvalue weighted by Gasteiger charge is 2.23. The lowest BCUT2D eigenvalue weighted by atomic mass is 10.3. The standard InChI is InChI=1S/C16H19BrN2O4S/c17-12-2-1-3-13(6-12)19-15(21)10-24-9-14(20)18-7-16(22)23-8-11-4-5-11/h1-3,6,11H,4-5,7-10H2,(H,18,20)(H,19,21). The van der Waals surface area contributed by atoms with Gasteiger partial charge >= 0.3 is 5.97 Å². The largest absolute Gasteiger partial charge is 0.464 e. The van der Waals surface area contributed by atoms with Gasteiger partial charge in [-0.25, -0.2) is 0 Å². The third kappa shape index (κ3) is 7.83. The van der Waals surface area contributed by atoms with E-state index in [0.717, 1.165) is 17.3 Å². The van der Waals surface area contributed by atoms with Crippen LogP contribution in [0.2, 0.25) is 0 Å². The number of ether oxygens (including phenoxy) is 1. The molecule has 1 fully saturated rings. The maximum absolute atomic E-state index is 11.8. The van der Waals surface area contributed by atoms with Crippen LogP contribution >= 0.6 is 27.7 Å². The fourth-order valence-electron chi connectivity index (χ4n) is 1.77. The van der Waals surface area contributed by atoms with Crippen molar-refractivity contribution in [3.8, 4) is 0 Å². The zero-order chi connectivity index (χ0) is 17.4. The number of rotatable bonds is 9. The molecule has 2 N–H and O–H groups in total. The van der Waals surface area contributed by atoms with Gasteiger partial charge in [0.05, 0.1) is 18.1 Å². The first kappa shape index (κ1) is 18.8. The summed E-state index contributed by atoms with van der Waals surface area (Å²) in [6.07, 6.45) is 2.22. The minimum atomic E-state index is -0.423. The molecule has 0 aromatic heterocycles. The van der Waals surface area contributed by atoms with Gasteiger partial charge in [0, 0.05) is 10.2 Å². The molecule has 0 bridgehead atoms. The van der Waals surface area contributed by atoms with Gasteiger partial charge in [0.25, 0.3) is 0 Å². The molecule has 0 atom stereocenters. The quantitative estimate of drug-likeness (QED) is 0.604. The zero-order valence-corrected chi connectivity index (χ0v) is 15.5. The summed E-state index contributed by atoms with van der Waals surface area (Å²) in [5.74, 6) is -0.126. The van der Waals surface area contributed by atoms with Crippen molar-refractivity contribution in [2.75, 3.05) is 30.0 Å². The smallest absolute Gasteiger partial charge is 0.325 e. The Hall–Kier alpha value is -1.54. The summed E-state index contributed by atoms with van der Waals surface area (Å²) < 4.78 is 5.88. The number of halogens is 1. The number of carbonyl (C=O) groups excluding carboxylic acids is 3. The second-order valence-electron chi connectivity index (χ2n) is 5.45. The van der Waals surface area contributed by atoms with E-state index in [0.29, 0.717) is 18.2 Å². The minimum Gasteiger partial charge on any atom is -0.464 e. The second-order valence-corrected chi connectivity index (χ2v) is 7.36. The summed E-state index contributed by atoms with van der Waals surface area (Å²) in [7, 11) is 0. The van der Waals surface area contributed by atoms with Gasteiger partial charge in [0.15, 0.2) is 0 Å². The Morgan fingerprint density at radius 2 is 1.96 bits per heavy atom. The highest BCUT2D eigenvalue weighted by Crippen LogP contribution is 2.28. The van der Waals surface area contributed by atoms with Gasteiger partial charge in [-0.2, -0.15) is 0 Å². The Labute approximate surface area is 153 Å². The molecule has 1 aromatic carbocycles. The van der Waals surface area contributed by atoms with Crippen LogP contribution in [0.3, 0.4) is 0 Å². The summed E-state index contributed by atoms with van der Waals surface area (Å²) in [6, 6.07) is 7.27. The van der Waals surface area contributed by atoms with Crippen LogP contribution in [-0.2, 0) is 19.1 Å². The lowest BCUT2D eigenvalue weighted by Crippen LogP contribution is -2.32. The SMILES string of the molecule is O=C(CSCC(=O)Nc1cccc(Br)c1)NCC(=O)OCC1CC1. The van der Waals surface area contributed by atoms with Crippen molar-refractivity contribution in [1.82, 2.24) is 5.32 Å². The summed E-state index contributed by atoms with van der Waals surface area (Å²) in [4.78, 5) is 34.8. The van der Waals surface area contributed by atoms with Crippen LogP contribution in [0.5, 0.6) is 0 Å². The minimum absolute atomic E-state index is 0.113. The Kier molecular flexibility index (Phi) is 7.58. The van der Waals surface area contributed by atoms with Gasteiger partial charge in [0.1, 0.15) is 6.54 Å². The van der Waals surface area contributed by atoms with Crippen molar-refractivity contribution in [3.05, 3.63) is 28.7 Å². The molecule has 0 unspecified atom stereocenters. The third-order valence-corrected chi connectivity index (χ3v) is 4.61. The summed E-state index contributed by atoms with van der Waals surface area (Å²) in [5, 5.41) is 5.23. The number of nitrogens with one attached hydrogen (secondary N) is 2. The van der Waals surface area contributed by atoms with E-state index in [-0.39, 0.29) is 29.9 Å². The number of thioether (sulfide) groups is 1. The van der Waals surface area contributed by atoms with E-state index in [1.54, 1.807) is 12.1 Å². The third-order valence-electron chi connectivity index (χ3n) is 3.18. The van der Waals surface area contributed by atoms with Gasteiger partial charge in [0.2, 0.25) is 11.8 Å². The Morgan fingerprint density at radius 1 is 1.21 bits per heavy atom. The van der Waals surface area contributed by atoms with Crippen LogP contribution in [0, 0.1) is 5.92 Å². The summed E-state index contributed by atoms with van der Waals surface area (Å²) in [5.41, 5.74) is 0.692. The molecule has 1 saturated carbocycles. The fraction of sp³-hybridized carbons (Fsp3) is 0.438. The maximum Gasteiger partial charge on any atom is 0.325 e. The number of hydrogen-bond donors (Lipinski definition) is 2. The monoisotopic (exact) mass is 414 g/mol. The first-order valence-electron chi connectivity index (χ1n) is 7.58. The molecule has 130 valence electrons. The van der Waals surface area contributed by atoms with E-state index in [2.05, 4.69) is 26.6 Å². The number of esters is 1. The van der Waals surface area contributed by atoms with Gasteiger partial charge in [-0.3, -0.25) is 14.4 Å². The van der Waals surface area contributed by atoms with E-state index in [1.165, 1.54) is 11.8 Å². The van der Waals surface area contributed by atoms with E-state index in [9.17, 15) is 14.4 Å². The fourth-order valence-corrected chi connectivity index (χ4v) is 2.81. The Morgan fingerprint density at radius 3 is 2.67 bits per heavy atom. The van der Waals surface area contributed by atoms with Gasteiger partial charge in [-0.1, -0.05) is 22.0 Å². The zero-order valence-electron chi connectivity index (χ0n) is 13.0. The number of hydrogen-bond acceptors (Lipinski definition) is 5. The molecule has 1 aromatic rings. The van der Waals surface area contributed by atoms with Gasteiger partial charge in [-0.15, -0.1) is 11.8 Å². The molecule has 0 aliphatic heterocycles. The van der Waals surface area contributed by atoms with Crippen LogP contribution in [-0.4, -0.2) is 42.4 Å². The van der Waals surface area contributed by atoms with E-state index in [1.807, 2.05) is 12.1 Å². The molecular formula is C16H19BrN2O4S. The Bertz CT molecular complexity index is 607. The number of anilines is 1. The Balaban J connectivity index is 1.54. The maximum atomic E-state index is 11.8. The first-order chi connectivity index (χ1) is 11.5. The lowest BCUT2D eigenvalue weighted by Gasteiger charge is -2.07. The number of amides is 2. The molecule has 1 aliphatic carbocycles. The molecule has 0 heterocycles. The molecule has 0 radical (unpaired) electrons. The summed E-state index contributed by atoms with van der Waals surface area (Å²) in [6.45, 7) is 0.315. The summed E-state index contributed by atoms with van der Waals surface area (Å²) >= 11 is 4.51. The number of carbonyl (C=O) groups is 3. The van der Waals surface area contributed by atoms with Crippen molar-refractivity contribution < 1.29 is 19.1 Å². The van der Waals surface area contributed by atoms with Crippen LogP contribution < -0.4 is 10.6 Å². The van der Waals surface area contributed by atoms with Crippen molar-refractivity contribution in [1.29, 1.82) is 0 Å². The molecule has 2 amide bonds. The first-order valence-corrected chi connectivity index (χ1v) is 9.53. The normalized spacial score (nSPS) is 13.2. The van der Waals surface area contributed by atoms with Gasteiger partial charge in [-0.05, 0) is 37.0 Å². The number of benzene rings is 1. The molecule has 0 saturated heterocycles. The van der Waals surface area contributed by atoms with Crippen molar-refractivity contribution in [2.45, 2.75) is 12.8 Å². The second kappa shape index (κ2) is 9.68. The molecule has 8 heteroatoms. The molecular weight excluding hydrogens is 396 g/mol. The lowest BCUT2D eigenvalue weighted by molar-refractivity contribution is -0.144. The van der Waals surface area contributed by atoms with Crippen LogP contribution in [0.1, 0.15) is 12.8 Å². The van der Waals surface area contributed by atoms with Gasteiger partial charge < -0.3 is 15.4 Å². The van der Waals surface area contributed by atoms with Crippen LogP contribution in [0.15, 0.2) is 28.7 Å². The molecule has 2 rings (SSSR count). The molecule has 6 nitrogen and oxygen atoms in total. The molecule has 1 aliphatic rings. The van der Waals surface area contributed by atoms with Crippen molar-refractivity contribution >= 4 is 51.2 Å². The van der Waals surface area contributed by atoms with Crippen molar-refractivity contribution in [3.63, 3.8) is 0 Å². The van der Waals surface area contributed by atoms with E-state index >= 15 is 0 Å². The van der Waals surface area contributed by atoms with Crippen LogP contribution in [0.25, 0.3) is 0 Å². The molecule has 0 spiro atoms. The highest BCUT2D eigenvalue weighted by molar-refractivity contribution is 9.10. The topological polar surface area (TPSA) is 84.5 Å². The highest BCUT2D eigenvalue weighted by atomic mass is 79.9. The average molecular weight is 415 g/mol.